The molecule has 0 aliphatic heterocycles. The van der Waals surface area contributed by atoms with Crippen LogP contribution in [0, 0.1) is 0 Å². The summed E-state index contributed by atoms with van der Waals surface area (Å²) in [6.07, 6.45) is 1.84. The molecule has 2 atom stereocenters. The van der Waals surface area contributed by atoms with Crippen molar-refractivity contribution in [3.8, 4) is 0 Å². The molecule has 2 unspecified atom stereocenters. The van der Waals surface area contributed by atoms with Crippen LogP contribution < -0.4 is 5.32 Å². The van der Waals surface area contributed by atoms with Crippen LogP contribution in [0.1, 0.15) is 30.6 Å². The van der Waals surface area contributed by atoms with Crippen LogP contribution in [0.3, 0.4) is 0 Å². The minimum Gasteiger partial charge on any atom is -0.481 e. The molecular weight excluding hydrogens is 344 g/mol. The quantitative estimate of drug-likeness (QED) is 0.790. The van der Waals surface area contributed by atoms with Crippen molar-refractivity contribution in [1.29, 1.82) is 0 Å². The highest BCUT2D eigenvalue weighted by atomic mass is 35.5. The molecule has 2 N–H and O–H groups in total. The van der Waals surface area contributed by atoms with Crippen molar-refractivity contribution in [2.45, 2.75) is 25.0 Å². The zero-order valence-corrected chi connectivity index (χ0v) is 14.7. The minimum absolute atomic E-state index is 0.302. The first-order valence-electron chi connectivity index (χ1n) is 7.59. The molecule has 2 aromatic rings. The second-order valence-corrected chi connectivity index (χ2v) is 6.18. The fourth-order valence-electron chi connectivity index (χ4n) is 2.61. The molecule has 1 amide bonds. The lowest BCUT2D eigenvalue weighted by molar-refractivity contribution is -0.140. The van der Waals surface area contributed by atoms with Gasteiger partial charge >= 0.3 is 5.97 Å². The molecule has 0 saturated carbocycles. The fraction of sp³-hybridized carbons (Fsp3) is 0.278. The molecule has 132 valence electrons. The third-order valence-corrected chi connectivity index (χ3v) is 4.21. The average molecular weight is 363 g/mol. The van der Waals surface area contributed by atoms with E-state index in [4.69, 9.17) is 16.3 Å². The van der Waals surface area contributed by atoms with Gasteiger partial charge in [-0.05, 0) is 24.6 Å². The fourth-order valence-corrected chi connectivity index (χ4v) is 2.85. The van der Waals surface area contributed by atoms with E-state index in [0.717, 1.165) is 0 Å². The summed E-state index contributed by atoms with van der Waals surface area (Å²) in [7, 11) is 1.40. The van der Waals surface area contributed by atoms with Crippen molar-refractivity contribution in [1.82, 2.24) is 10.3 Å². The third kappa shape index (κ3) is 4.55. The highest BCUT2D eigenvalue weighted by Gasteiger charge is 2.35. The van der Waals surface area contributed by atoms with Crippen LogP contribution in [-0.4, -0.2) is 29.1 Å². The second kappa shape index (κ2) is 8.09. The zero-order chi connectivity index (χ0) is 18.4. The topological polar surface area (TPSA) is 88.5 Å². The number of amides is 1. The first kappa shape index (κ1) is 18.9. The highest BCUT2D eigenvalue weighted by molar-refractivity contribution is 6.31. The number of carbonyl (C=O) groups excluding carboxylic acids is 1. The number of methoxy groups -OCH3 is 1. The van der Waals surface area contributed by atoms with Gasteiger partial charge in [-0.3, -0.25) is 14.6 Å². The standard InChI is InChI=1S/C18H19ClN2O4/c1-18(10-15(22)23,12-6-5-9-20-11-12)21-17(24)16(25-2)13-7-3-4-8-14(13)19/h3-9,11,16H,10H2,1-2H3,(H,21,24)(H,22,23). The molecule has 0 spiro atoms. The maximum absolute atomic E-state index is 12.8. The van der Waals surface area contributed by atoms with E-state index < -0.39 is 23.5 Å². The van der Waals surface area contributed by atoms with Gasteiger partial charge < -0.3 is 15.2 Å². The van der Waals surface area contributed by atoms with E-state index in [2.05, 4.69) is 10.3 Å². The Kier molecular flexibility index (Phi) is 6.12. The molecule has 0 radical (unpaired) electrons. The Balaban J connectivity index is 2.33. The van der Waals surface area contributed by atoms with Crippen LogP contribution >= 0.6 is 11.6 Å². The van der Waals surface area contributed by atoms with Crippen molar-refractivity contribution in [3.05, 3.63) is 64.9 Å². The number of benzene rings is 1. The average Bonchev–Trinajstić information content (AvgIpc) is 2.57. The summed E-state index contributed by atoms with van der Waals surface area (Å²) in [5.74, 6) is -1.53. The van der Waals surface area contributed by atoms with E-state index in [9.17, 15) is 14.7 Å². The molecule has 0 bridgehead atoms. The molecule has 6 nitrogen and oxygen atoms in total. The van der Waals surface area contributed by atoms with Crippen molar-refractivity contribution >= 4 is 23.5 Å². The maximum Gasteiger partial charge on any atom is 0.306 e. The molecule has 0 saturated heterocycles. The molecule has 1 heterocycles. The van der Waals surface area contributed by atoms with Gasteiger partial charge in [0.1, 0.15) is 0 Å². The smallest absolute Gasteiger partial charge is 0.306 e. The lowest BCUT2D eigenvalue weighted by atomic mass is 9.89. The number of ether oxygens (including phenoxy) is 1. The lowest BCUT2D eigenvalue weighted by Gasteiger charge is -2.31. The minimum atomic E-state index is -1.14. The van der Waals surface area contributed by atoms with E-state index >= 15 is 0 Å². The van der Waals surface area contributed by atoms with Gasteiger partial charge in [0.15, 0.2) is 6.10 Å². The summed E-state index contributed by atoms with van der Waals surface area (Å²) >= 11 is 6.15. The van der Waals surface area contributed by atoms with Gasteiger partial charge in [-0.1, -0.05) is 35.9 Å². The van der Waals surface area contributed by atoms with Crippen LogP contribution in [-0.2, 0) is 19.9 Å². The normalized spacial score (nSPS) is 14.4. The number of carbonyl (C=O) groups is 2. The third-order valence-electron chi connectivity index (χ3n) is 3.86. The van der Waals surface area contributed by atoms with Gasteiger partial charge in [0, 0.05) is 30.1 Å². The predicted octanol–water partition coefficient (Wildman–Crippen LogP) is 2.93. The van der Waals surface area contributed by atoms with Gasteiger partial charge in [0.25, 0.3) is 5.91 Å². The van der Waals surface area contributed by atoms with Gasteiger partial charge in [0.05, 0.1) is 12.0 Å². The number of hydrogen-bond acceptors (Lipinski definition) is 4. The van der Waals surface area contributed by atoms with E-state index in [1.807, 2.05) is 0 Å². The molecule has 25 heavy (non-hydrogen) atoms. The van der Waals surface area contributed by atoms with Gasteiger partial charge in [-0.2, -0.15) is 0 Å². The number of carboxylic acids is 1. The van der Waals surface area contributed by atoms with Crippen LogP contribution in [0.4, 0.5) is 0 Å². The molecular formula is C18H19ClN2O4. The number of hydrogen-bond donors (Lipinski definition) is 2. The van der Waals surface area contributed by atoms with Crippen molar-refractivity contribution in [2.24, 2.45) is 0 Å². The zero-order valence-electron chi connectivity index (χ0n) is 13.9. The first-order chi connectivity index (χ1) is 11.9. The molecule has 7 heteroatoms. The summed E-state index contributed by atoms with van der Waals surface area (Å²) in [5.41, 5.74) is -0.0531. The number of nitrogens with one attached hydrogen (secondary N) is 1. The van der Waals surface area contributed by atoms with Crippen molar-refractivity contribution in [2.75, 3.05) is 7.11 Å². The maximum atomic E-state index is 12.8. The monoisotopic (exact) mass is 362 g/mol. The Morgan fingerprint density at radius 1 is 1.32 bits per heavy atom. The summed E-state index contributed by atoms with van der Waals surface area (Å²) < 4.78 is 5.31. The Labute approximate surface area is 150 Å². The lowest BCUT2D eigenvalue weighted by Crippen LogP contribution is -2.47. The van der Waals surface area contributed by atoms with E-state index in [0.29, 0.717) is 16.1 Å². The largest absolute Gasteiger partial charge is 0.481 e. The highest BCUT2D eigenvalue weighted by Crippen LogP contribution is 2.29. The molecule has 0 fully saturated rings. The Hall–Kier alpha value is -2.44. The predicted molar refractivity (Wildman–Crippen MR) is 93.2 cm³/mol. The summed E-state index contributed by atoms with van der Waals surface area (Å²) in [4.78, 5) is 28.1. The van der Waals surface area contributed by atoms with E-state index in [1.165, 1.54) is 13.3 Å². The Morgan fingerprint density at radius 3 is 2.60 bits per heavy atom. The summed E-state index contributed by atoms with van der Waals surface area (Å²) in [5, 5.41) is 12.4. The van der Waals surface area contributed by atoms with Gasteiger partial charge in [-0.15, -0.1) is 0 Å². The molecule has 2 rings (SSSR count). The number of carboxylic acid groups (broad SMARTS) is 1. The van der Waals surface area contributed by atoms with Crippen LogP contribution in [0.5, 0.6) is 0 Å². The summed E-state index contributed by atoms with van der Waals surface area (Å²) in [6, 6.07) is 10.2. The first-order valence-corrected chi connectivity index (χ1v) is 7.96. The molecule has 1 aromatic heterocycles. The SMILES string of the molecule is COC(C(=O)NC(C)(CC(=O)O)c1cccnc1)c1ccccc1Cl. The second-order valence-electron chi connectivity index (χ2n) is 5.77. The van der Waals surface area contributed by atoms with Crippen molar-refractivity contribution in [3.63, 3.8) is 0 Å². The number of nitrogens with zero attached hydrogens (tertiary/aromatic N) is 1. The molecule has 0 aliphatic rings. The van der Waals surface area contributed by atoms with Crippen LogP contribution in [0.15, 0.2) is 48.8 Å². The number of halogens is 1. The number of rotatable bonds is 7. The number of pyridine rings is 1. The van der Waals surface area contributed by atoms with Gasteiger partial charge in [0.2, 0.25) is 0 Å². The molecule has 1 aromatic carbocycles. The van der Waals surface area contributed by atoms with E-state index in [1.54, 1.807) is 49.5 Å². The van der Waals surface area contributed by atoms with E-state index in [-0.39, 0.29) is 6.42 Å². The van der Waals surface area contributed by atoms with Crippen molar-refractivity contribution < 1.29 is 19.4 Å². The molecule has 0 aliphatic carbocycles. The number of aromatic nitrogens is 1. The van der Waals surface area contributed by atoms with Crippen LogP contribution in [0.25, 0.3) is 0 Å². The summed E-state index contributed by atoms with van der Waals surface area (Å²) in [6.45, 7) is 1.63. The van der Waals surface area contributed by atoms with Gasteiger partial charge in [-0.25, -0.2) is 0 Å². The Bertz CT molecular complexity index is 754. The van der Waals surface area contributed by atoms with Crippen LogP contribution in [0.2, 0.25) is 5.02 Å². The number of aliphatic carboxylic acids is 1. The Morgan fingerprint density at radius 2 is 2.04 bits per heavy atom.